The number of esters is 1. The summed E-state index contributed by atoms with van der Waals surface area (Å²) in [6.07, 6.45) is 2.63. The van der Waals surface area contributed by atoms with Gasteiger partial charge in [-0.1, -0.05) is 53.2 Å². The zero-order chi connectivity index (χ0) is 41.2. The molecule has 1 aromatic rings. The van der Waals surface area contributed by atoms with Crippen molar-refractivity contribution in [2.45, 2.75) is 128 Å². The van der Waals surface area contributed by atoms with Gasteiger partial charge >= 0.3 is 5.97 Å². The maximum atomic E-state index is 14.3. The van der Waals surface area contributed by atoms with Crippen molar-refractivity contribution >= 4 is 35.3 Å². The summed E-state index contributed by atoms with van der Waals surface area (Å²) in [5.74, 6) is -2.46. The Hall–Kier alpha value is -3.75. The van der Waals surface area contributed by atoms with Gasteiger partial charge in [-0.15, -0.1) is 0 Å². The summed E-state index contributed by atoms with van der Waals surface area (Å²) in [7, 11) is 8.02. The fourth-order valence-corrected chi connectivity index (χ4v) is 8.25. The van der Waals surface area contributed by atoms with Gasteiger partial charge in [0.05, 0.1) is 49.3 Å². The van der Waals surface area contributed by atoms with Gasteiger partial charge in [0.2, 0.25) is 23.6 Å². The molecule has 55 heavy (non-hydrogen) atoms. The first-order valence-corrected chi connectivity index (χ1v) is 19.8. The summed E-state index contributed by atoms with van der Waals surface area (Å²) in [6.45, 7) is 12.9. The molecule has 14 heteroatoms. The van der Waals surface area contributed by atoms with Crippen molar-refractivity contribution in [1.29, 1.82) is 0 Å². The van der Waals surface area contributed by atoms with Crippen molar-refractivity contribution < 1.29 is 38.2 Å². The molecule has 0 bridgehead atoms. The third kappa shape index (κ3) is 11.0. The molecule has 2 heterocycles. The van der Waals surface area contributed by atoms with Crippen LogP contribution in [0.1, 0.15) is 85.6 Å². The lowest BCUT2D eigenvalue weighted by Gasteiger charge is -2.41. The molecule has 3 rings (SSSR count). The smallest absolute Gasteiger partial charge is 0.328 e. The van der Waals surface area contributed by atoms with Gasteiger partial charge in [0, 0.05) is 39.9 Å². The van der Waals surface area contributed by atoms with E-state index in [0.717, 1.165) is 37.8 Å². The number of nitrogens with zero attached hydrogens (tertiary/aromatic N) is 3. The van der Waals surface area contributed by atoms with Gasteiger partial charge in [0.15, 0.2) is 0 Å². The van der Waals surface area contributed by atoms with Crippen LogP contribution in [0, 0.1) is 17.8 Å². The molecule has 4 amide bonds. The predicted octanol–water partition coefficient (Wildman–Crippen LogP) is 3.01. The highest BCUT2D eigenvalue weighted by atomic mass is 16.5. The second kappa shape index (κ2) is 20.4. The van der Waals surface area contributed by atoms with E-state index in [-0.39, 0.29) is 42.4 Å². The average molecular weight is 773 g/mol. The Labute approximate surface area is 328 Å². The number of hydrogen-bond acceptors (Lipinski definition) is 10. The van der Waals surface area contributed by atoms with Gasteiger partial charge in [-0.2, -0.15) is 0 Å². The molecule has 0 radical (unpaired) electrons. The molecule has 0 aliphatic carbocycles. The van der Waals surface area contributed by atoms with Crippen LogP contribution >= 0.6 is 0 Å². The van der Waals surface area contributed by atoms with Gasteiger partial charge in [-0.3, -0.25) is 24.1 Å². The molecule has 9 unspecified atom stereocenters. The maximum absolute atomic E-state index is 14.3. The topological polar surface area (TPSA) is 173 Å². The Morgan fingerprint density at radius 3 is 2.16 bits per heavy atom. The SMILES string of the molecule is CCC(C)C(C(CC(=O)N1CCCC1C(OC)C(C)C(=O)NC(Cc1ccc(N)cc1)C(=O)OC)OC)N(C)C(=O)C(NC(=O)C1(C)CCCN1C)C(C)C. The minimum Gasteiger partial charge on any atom is -0.467 e. The van der Waals surface area contributed by atoms with E-state index in [4.69, 9.17) is 19.9 Å². The van der Waals surface area contributed by atoms with E-state index in [9.17, 15) is 24.0 Å². The lowest BCUT2D eigenvalue weighted by Crippen LogP contribution is -2.61. The van der Waals surface area contributed by atoms with Crippen molar-refractivity contribution in [2.24, 2.45) is 17.8 Å². The molecule has 2 aliphatic rings. The fourth-order valence-electron chi connectivity index (χ4n) is 8.25. The number of ether oxygens (including phenoxy) is 3. The molecule has 0 spiro atoms. The van der Waals surface area contributed by atoms with Crippen LogP contribution in [0.4, 0.5) is 5.69 Å². The number of carbonyl (C=O) groups is 5. The Kier molecular flexibility index (Phi) is 16.9. The lowest BCUT2D eigenvalue weighted by molar-refractivity contribution is -0.149. The number of nitrogens with two attached hydrogens (primary N) is 1. The first-order chi connectivity index (χ1) is 25.9. The average Bonchev–Trinajstić information content (AvgIpc) is 3.79. The van der Waals surface area contributed by atoms with E-state index in [2.05, 4.69) is 10.6 Å². The van der Waals surface area contributed by atoms with Gasteiger partial charge in [-0.05, 0) is 75.7 Å². The van der Waals surface area contributed by atoms with Crippen LogP contribution in [0.3, 0.4) is 0 Å². The minimum atomic E-state index is -0.933. The van der Waals surface area contributed by atoms with Crippen molar-refractivity contribution in [3.05, 3.63) is 29.8 Å². The molecular formula is C41H68N6O8. The highest BCUT2D eigenvalue weighted by molar-refractivity contribution is 5.92. The summed E-state index contributed by atoms with van der Waals surface area (Å²) in [4.78, 5) is 74.0. The molecule has 9 atom stereocenters. The third-order valence-corrected chi connectivity index (χ3v) is 12.2. The number of methoxy groups -OCH3 is 3. The fraction of sp³-hybridized carbons (Fsp3) is 0.732. The lowest BCUT2D eigenvalue weighted by atomic mass is 9.89. The zero-order valence-electron chi connectivity index (χ0n) is 35.1. The largest absolute Gasteiger partial charge is 0.467 e. The number of likely N-dealkylation sites (tertiary alicyclic amines) is 2. The van der Waals surface area contributed by atoms with Crippen molar-refractivity contribution in [2.75, 3.05) is 54.2 Å². The number of amides is 4. The highest BCUT2D eigenvalue weighted by Crippen LogP contribution is 2.31. The van der Waals surface area contributed by atoms with E-state index in [0.29, 0.717) is 18.7 Å². The van der Waals surface area contributed by atoms with Gasteiger partial charge < -0.3 is 40.4 Å². The number of benzene rings is 1. The Morgan fingerprint density at radius 2 is 1.64 bits per heavy atom. The summed E-state index contributed by atoms with van der Waals surface area (Å²) in [5, 5.41) is 5.92. The summed E-state index contributed by atoms with van der Waals surface area (Å²) in [6, 6.07) is 4.50. The summed E-state index contributed by atoms with van der Waals surface area (Å²) >= 11 is 0. The third-order valence-electron chi connectivity index (χ3n) is 12.2. The second-order valence-corrected chi connectivity index (χ2v) is 16.1. The van der Waals surface area contributed by atoms with E-state index in [1.165, 1.54) is 14.2 Å². The van der Waals surface area contributed by atoms with Crippen LogP contribution in [-0.4, -0.2) is 135 Å². The zero-order valence-corrected chi connectivity index (χ0v) is 35.1. The number of anilines is 1. The molecular weight excluding hydrogens is 704 g/mol. The molecule has 14 nitrogen and oxygen atoms in total. The van der Waals surface area contributed by atoms with Gasteiger partial charge in [0.1, 0.15) is 12.1 Å². The van der Waals surface area contributed by atoms with Crippen LogP contribution < -0.4 is 16.4 Å². The van der Waals surface area contributed by atoms with E-state index < -0.39 is 59.7 Å². The number of likely N-dealkylation sites (N-methyl/N-ethyl adjacent to an activating group) is 2. The molecule has 2 fully saturated rings. The van der Waals surface area contributed by atoms with Crippen molar-refractivity contribution in [3.8, 4) is 0 Å². The van der Waals surface area contributed by atoms with Crippen molar-refractivity contribution in [1.82, 2.24) is 25.3 Å². The first-order valence-electron chi connectivity index (χ1n) is 19.8. The normalized spacial score (nSPS) is 22.6. The second-order valence-electron chi connectivity index (χ2n) is 16.1. The Morgan fingerprint density at radius 1 is 0.982 bits per heavy atom. The first kappa shape index (κ1) is 45.6. The minimum absolute atomic E-state index is 0.00418. The Bertz CT molecular complexity index is 1460. The number of carbonyl (C=O) groups excluding carboxylic acids is 5. The van der Waals surface area contributed by atoms with E-state index in [1.807, 2.05) is 46.6 Å². The van der Waals surface area contributed by atoms with Gasteiger partial charge in [0.25, 0.3) is 0 Å². The predicted molar refractivity (Wildman–Crippen MR) is 212 cm³/mol. The summed E-state index contributed by atoms with van der Waals surface area (Å²) < 4.78 is 17.0. The summed E-state index contributed by atoms with van der Waals surface area (Å²) in [5.41, 5.74) is 6.53. The molecule has 0 saturated carbocycles. The van der Waals surface area contributed by atoms with E-state index >= 15 is 0 Å². The molecule has 1 aromatic carbocycles. The van der Waals surface area contributed by atoms with Crippen LogP contribution in [-0.2, 0) is 44.6 Å². The number of rotatable bonds is 19. The molecule has 310 valence electrons. The van der Waals surface area contributed by atoms with Crippen LogP contribution in [0.2, 0.25) is 0 Å². The Balaban J connectivity index is 1.77. The maximum Gasteiger partial charge on any atom is 0.328 e. The van der Waals surface area contributed by atoms with Gasteiger partial charge in [-0.25, -0.2) is 4.79 Å². The van der Waals surface area contributed by atoms with Crippen LogP contribution in [0.5, 0.6) is 0 Å². The standard InChI is InChI=1S/C41H68N6O8/c1-12-26(4)35(46(8)38(50)34(25(2)3)44-40(52)41(6)20-14-21-45(41)7)32(53-9)24-33(48)47-22-13-15-31(47)36(54-10)27(5)37(49)43-30(39(51)55-11)23-28-16-18-29(42)19-17-28/h16-19,25-27,30-32,34-36H,12-15,20-24,42H2,1-11H3,(H,43,49)(H,44,52). The molecule has 0 aromatic heterocycles. The van der Waals surface area contributed by atoms with Crippen molar-refractivity contribution in [3.63, 3.8) is 0 Å². The number of nitrogen functional groups attached to an aromatic ring is 1. The number of nitrogens with one attached hydrogen (secondary N) is 2. The molecule has 2 saturated heterocycles. The molecule has 4 N–H and O–H groups in total. The van der Waals surface area contributed by atoms with Crippen LogP contribution in [0.25, 0.3) is 0 Å². The van der Waals surface area contributed by atoms with Crippen LogP contribution in [0.15, 0.2) is 24.3 Å². The monoisotopic (exact) mass is 773 g/mol. The molecule has 2 aliphatic heterocycles. The quantitative estimate of drug-likeness (QED) is 0.140. The van der Waals surface area contributed by atoms with E-state index in [1.54, 1.807) is 55.1 Å². The number of hydrogen-bond donors (Lipinski definition) is 3. The highest BCUT2D eigenvalue weighted by Gasteiger charge is 2.45.